The molecule has 3 aromatic rings. The standard InChI is InChI=1S/C36H39Cl2F2N3O7/c1-3-26(37)25(27(38)4-2)20-31(24-11-12-30(50-36(39)40)32(19-24)48-22-23-9-10-23)49-33(44)21-43-29-8-6-5-7-28(29)42(34(45)35(43)46)14-13-41-15-17-47-18-16-41/h3-8,11-12,19,23,31,36H,1,9-10,13-18,20-22H2,2H3/b26-25+,27-4+/t31-/m0/s1. The Kier molecular flexibility index (Phi) is 12.9. The van der Waals surface area contributed by atoms with Crippen LogP contribution in [0.1, 0.15) is 37.9 Å². The molecule has 0 unspecified atom stereocenters. The number of fused-ring (bicyclic) bond motifs is 1. The Bertz CT molecular complexity index is 1880. The Morgan fingerprint density at radius 1 is 1.02 bits per heavy atom. The number of carbonyl (C=O) groups excluding carboxylic acids is 1. The van der Waals surface area contributed by atoms with Gasteiger partial charge in [-0.05, 0) is 61.1 Å². The van der Waals surface area contributed by atoms with E-state index in [0.29, 0.717) is 54.5 Å². The predicted octanol–water partition coefficient (Wildman–Crippen LogP) is 6.38. The maximum absolute atomic E-state index is 13.7. The minimum absolute atomic E-state index is 0.0460. The molecule has 5 rings (SSSR count). The highest BCUT2D eigenvalue weighted by atomic mass is 35.5. The number of alkyl halides is 2. The molecule has 0 amide bonds. The highest BCUT2D eigenvalue weighted by Gasteiger charge is 2.27. The summed E-state index contributed by atoms with van der Waals surface area (Å²) in [6.07, 6.45) is 3.81. The summed E-state index contributed by atoms with van der Waals surface area (Å²) < 4.78 is 51.0. The highest BCUT2D eigenvalue weighted by molar-refractivity contribution is 6.36. The van der Waals surface area contributed by atoms with Crippen LogP contribution in [0.15, 0.2) is 86.4 Å². The van der Waals surface area contributed by atoms with Crippen molar-refractivity contribution in [2.24, 2.45) is 5.92 Å². The number of hydrogen-bond donors (Lipinski definition) is 0. The molecule has 1 saturated carbocycles. The van der Waals surface area contributed by atoms with Gasteiger partial charge in [0.05, 0.1) is 30.9 Å². The van der Waals surface area contributed by atoms with E-state index in [1.54, 1.807) is 37.3 Å². The molecule has 10 nitrogen and oxygen atoms in total. The van der Waals surface area contributed by atoms with Crippen LogP contribution >= 0.6 is 23.2 Å². The van der Waals surface area contributed by atoms with Crippen LogP contribution in [0.4, 0.5) is 8.78 Å². The van der Waals surface area contributed by atoms with Gasteiger partial charge in [0.1, 0.15) is 12.6 Å². The Hall–Kier alpha value is -3.97. The normalized spacial score (nSPS) is 16.6. The second-order valence-electron chi connectivity index (χ2n) is 12.0. The molecular formula is C36H39Cl2F2N3O7. The van der Waals surface area contributed by atoms with E-state index in [2.05, 4.69) is 11.5 Å². The highest BCUT2D eigenvalue weighted by Crippen LogP contribution is 2.39. The van der Waals surface area contributed by atoms with Gasteiger partial charge in [-0.25, -0.2) is 0 Å². The van der Waals surface area contributed by atoms with Crippen LogP contribution in [-0.2, 0) is 27.4 Å². The molecule has 1 aromatic heterocycles. The molecule has 2 aliphatic rings. The van der Waals surface area contributed by atoms with Crippen LogP contribution < -0.4 is 20.6 Å². The third kappa shape index (κ3) is 9.42. The summed E-state index contributed by atoms with van der Waals surface area (Å²) in [5.41, 5.74) is -0.00351. The molecule has 2 fully saturated rings. The number of carbonyl (C=O) groups is 1. The summed E-state index contributed by atoms with van der Waals surface area (Å²) in [4.78, 5) is 42.8. The minimum Gasteiger partial charge on any atom is -0.489 e. The van der Waals surface area contributed by atoms with Crippen LogP contribution in [-0.4, -0.2) is 66.1 Å². The molecule has 1 aliphatic carbocycles. The monoisotopic (exact) mass is 733 g/mol. The molecule has 1 atom stereocenters. The van der Waals surface area contributed by atoms with E-state index in [1.807, 2.05) is 0 Å². The SMILES string of the molecule is C=C/C(Cl)=C(C[C@H](OC(=O)Cn1c(=O)c(=O)n(CCN2CCOCC2)c2ccccc21)c1ccc(OC(F)F)c(OCC2CC2)c1)\C(Cl)=C/C. The van der Waals surface area contributed by atoms with Crippen molar-refractivity contribution in [2.45, 2.75) is 52.0 Å². The first-order chi connectivity index (χ1) is 24.1. The van der Waals surface area contributed by atoms with Crippen molar-refractivity contribution in [1.29, 1.82) is 0 Å². The van der Waals surface area contributed by atoms with E-state index in [0.717, 1.165) is 30.5 Å². The predicted molar refractivity (Wildman–Crippen MR) is 187 cm³/mol. The molecule has 50 heavy (non-hydrogen) atoms. The molecular weight excluding hydrogens is 695 g/mol. The summed E-state index contributed by atoms with van der Waals surface area (Å²) in [5, 5.41) is 0.488. The van der Waals surface area contributed by atoms with Gasteiger partial charge in [0.2, 0.25) is 0 Å². The molecule has 0 spiro atoms. The quantitative estimate of drug-likeness (QED) is 0.0950. The van der Waals surface area contributed by atoms with E-state index in [9.17, 15) is 23.2 Å². The van der Waals surface area contributed by atoms with Gasteiger partial charge in [-0.15, -0.1) is 0 Å². The van der Waals surface area contributed by atoms with Gasteiger partial charge in [0, 0.05) is 42.7 Å². The van der Waals surface area contributed by atoms with Crippen molar-refractivity contribution in [3.63, 3.8) is 0 Å². The zero-order valence-electron chi connectivity index (χ0n) is 27.6. The van der Waals surface area contributed by atoms with Gasteiger partial charge in [0.25, 0.3) is 0 Å². The number of nitrogens with zero attached hydrogens (tertiary/aromatic N) is 3. The first-order valence-electron chi connectivity index (χ1n) is 16.4. The van der Waals surface area contributed by atoms with Crippen LogP contribution in [0, 0.1) is 5.92 Å². The van der Waals surface area contributed by atoms with Crippen LogP contribution in [0.2, 0.25) is 0 Å². The number of ether oxygens (including phenoxy) is 4. The molecule has 14 heteroatoms. The first kappa shape index (κ1) is 37.3. The molecule has 1 saturated heterocycles. The van der Waals surface area contributed by atoms with E-state index >= 15 is 0 Å². The Balaban J connectivity index is 1.48. The number of hydrogen-bond acceptors (Lipinski definition) is 8. The fourth-order valence-corrected chi connectivity index (χ4v) is 6.09. The number of rotatable bonds is 16. The number of allylic oxidation sites excluding steroid dienone is 4. The zero-order chi connectivity index (χ0) is 35.8. The molecule has 0 radical (unpaired) electrons. The van der Waals surface area contributed by atoms with Crippen LogP contribution in [0.3, 0.4) is 0 Å². The summed E-state index contributed by atoms with van der Waals surface area (Å²) >= 11 is 13.0. The van der Waals surface area contributed by atoms with Gasteiger partial charge in [-0.3, -0.25) is 23.9 Å². The largest absolute Gasteiger partial charge is 0.489 e. The van der Waals surface area contributed by atoms with Gasteiger partial charge in [-0.2, -0.15) is 8.78 Å². The average molecular weight is 735 g/mol. The lowest BCUT2D eigenvalue weighted by molar-refractivity contribution is -0.150. The maximum atomic E-state index is 13.7. The summed E-state index contributed by atoms with van der Waals surface area (Å²) in [7, 11) is 0. The lowest BCUT2D eigenvalue weighted by Gasteiger charge is -2.27. The third-order valence-electron chi connectivity index (χ3n) is 8.57. The molecule has 2 aromatic carbocycles. The third-order valence-corrected chi connectivity index (χ3v) is 9.40. The number of halogens is 4. The van der Waals surface area contributed by atoms with Crippen LogP contribution in [0.25, 0.3) is 11.0 Å². The van der Waals surface area contributed by atoms with E-state index in [1.165, 1.54) is 28.8 Å². The minimum atomic E-state index is -3.09. The second kappa shape index (κ2) is 17.3. The number of morpholine rings is 1. The zero-order valence-corrected chi connectivity index (χ0v) is 29.1. The first-order valence-corrected chi connectivity index (χ1v) is 17.1. The Morgan fingerprint density at radius 2 is 1.70 bits per heavy atom. The van der Waals surface area contributed by atoms with E-state index in [4.69, 9.17) is 42.1 Å². The number of benzene rings is 2. The Labute approximate surface area is 298 Å². The second-order valence-corrected chi connectivity index (χ2v) is 12.8. The summed E-state index contributed by atoms with van der Waals surface area (Å²) in [6.45, 7) is 5.53. The number of aromatic nitrogens is 2. The van der Waals surface area contributed by atoms with Crippen molar-refractivity contribution in [2.75, 3.05) is 39.5 Å². The van der Waals surface area contributed by atoms with Crippen molar-refractivity contribution >= 4 is 40.2 Å². The molecule has 2 heterocycles. The summed E-state index contributed by atoms with van der Waals surface area (Å²) in [6, 6.07) is 11.1. The average Bonchev–Trinajstić information content (AvgIpc) is 3.96. The number of para-hydroxylation sites is 2. The van der Waals surface area contributed by atoms with E-state index in [-0.39, 0.29) is 34.5 Å². The van der Waals surface area contributed by atoms with Gasteiger partial charge in [0.15, 0.2) is 11.5 Å². The van der Waals surface area contributed by atoms with Crippen molar-refractivity contribution in [3.8, 4) is 11.5 Å². The van der Waals surface area contributed by atoms with Crippen molar-refractivity contribution in [1.82, 2.24) is 14.0 Å². The Morgan fingerprint density at radius 3 is 2.34 bits per heavy atom. The molecule has 1 aliphatic heterocycles. The smallest absolute Gasteiger partial charge is 0.387 e. The van der Waals surface area contributed by atoms with E-state index < -0.39 is 36.3 Å². The molecule has 268 valence electrons. The van der Waals surface area contributed by atoms with Gasteiger partial charge >= 0.3 is 23.7 Å². The fraction of sp³-hybridized carbons (Fsp3) is 0.417. The lowest BCUT2D eigenvalue weighted by Crippen LogP contribution is -2.45. The van der Waals surface area contributed by atoms with Crippen molar-refractivity contribution < 1.29 is 32.5 Å². The maximum Gasteiger partial charge on any atom is 0.387 e. The van der Waals surface area contributed by atoms with Crippen molar-refractivity contribution in [3.05, 3.63) is 103 Å². The number of esters is 1. The topological polar surface area (TPSA) is 101 Å². The van der Waals surface area contributed by atoms with Gasteiger partial charge < -0.3 is 23.5 Å². The molecule has 0 bridgehead atoms. The fourth-order valence-electron chi connectivity index (χ4n) is 5.68. The van der Waals surface area contributed by atoms with Crippen LogP contribution in [0.5, 0.6) is 11.5 Å². The van der Waals surface area contributed by atoms with Gasteiger partial charge in [-0.1, -0.05) is 60.1 Å². The summed E-state index contributed by atoms with van der Waals surface area (Å²) in [5.74, 6) is -0.653. The lowest BCUT2D eigenvalue weighted by atomic mass is 9.99. The molecule has 0 N–H and O–H groups in total.